The summed E-state index contributed by atoms with van der Waals surface area (Å²) in [4.78, 5) is 12.2. The summed E-state index contributed by atoms with van der Waals surface area (Å²) < 4.78 is 0. The van der Waals surface area contributed by atoms with Gasteiger partial charge in [0.1, 0.15) is 0 Å². The minimum absolute atomic E-state index is 1.12. The molecule has 5 heteroatoms. The van der Waals surface area contributed by atoms with E-state index in [1.54, 1.807) is 11.3 Å². The summed E-state index contributed by atoms with van der Waals surface area (Å²) in [6.07, 6.45) is 3.96. The zero-order valence-electron chi connectivity index (χ0n) is 14.4. The topological polar surface area (TPSA) is 22.6 Å². The maximum Gasteiger partial charge on any atom is 0.185 e. The second-order valence-electron chi connectivity index (χ2n) is 6.90. The van der Waals surface area contributed by atoms with E-state index in [1.807, 2.05) is 0 Å². The highest BCUT2D eigenvalue weighted by atomic mass is 32.1. The van der Waals surface area contributed by atoms with Gasteiger partial charge in [-0.2, -0.15) is 0 Å². The quantitative estimate of drug-likeness (QED) is 0.851. The van der Waals surface area contributed by atoms with Gasteiger partial charge in [-0.1, -0.05) is 12.1 Å². The van der Waals surface area contributed by atoms with Gasteiger partial charge < -0.3 is 14.7 Å². The molecule has 2 aliphatic heterocycles. The minimum Gasteiger partial charge on any atom is -0.369 e. The highest BCUT2D eigenvalue weighted by Crippen LogP contribution is 2.30. The fraction of sp³-hybridized carbons (Fsp3) is 0.526. The van der Waals surface area contributed by atoms with Gasteiger partial charge in [0.15, 0.2) is 5.13 Å². The average Bonchev–Trinajstić information content (AvgIpc) is 3.13. The van der Waals surface area contributed by atoms with Gasteiger partial charge in [-0.25, -0.2) is 4.98 Å². The van der Waals surface area contributed by atoms with Crippen molar-refractivity contribution in [3.63, 3.8) is 0 Å². The van der Waals surface area contributed by atoms with Crippen LogP contribution in [0.1, 0.15) is 19.3 Å². The van der Waals surface area contributed by atoms with Crippen LogP contribution >= 0.6 is 11.3 Å². The number of piperidine rings is 1. The van der Waals surface area contributed by atoms with Gasteiger partial charge in [0.05, 0.1) is 5.69 Å². The zero-order chi connectivity index (χ0) is 16.4. The molecular weight excluding hydrogens is 316 g/mol. The Kier molecular flexibility index (Phi) is 4.72. The first-order valence-corrected chi connectivity index (χ1v) is 9.92. The third-order valence-electron chi connectivity index (χ3n) is 5.15. The summed E-state index contributed by atoms with van der Waals surface area (Å²) >= 11 is 1.78. The summed E-state index contributed by atoms with van der Waals surface area (Å²) in [5.74, 6) is 0. The molecule has 0 N–H and O–H groups in total. The van der Waals surface area contributed by atoms with Crippen molar-refractivity contribution >= 4 is 22.2 Å². The molecule has 0 aliphatic carbocycles. The predicted octanol–water partition coefficient (Wildman–Crippen LogP) is 3.55. The number of anilines is 2. The largest absolute Gasteiger partial charge is 0.369 e. The summed E-state index contributed by atoms with van der Waals surface area (Å²) in [6.45, 7) is 6.85. The smallest absolute Gasteiger partial charge is 0.185 e. The van der Waals surface area contributed by atoms with E-state index < -0.39 is 0 Å². The summed E-state index contributed by atoms with van der Waals surface area (Å²) in [5, 5.41) is 3.39. The van der Waals surface area contributed by atoms with Crippen LogP contribution in [0.4, 0.5) is 10.8 Å². The van der Waals surface area contributed by atoms with E-state index in [9.17, 15) is 0 Å². The van der Waals surface area contributed by atoms with Gasteiger partial charge in [-0.3, -0.25) is 0 Å². The molecule has 1 aromatic carbocycles. The number of piperazine rings is 1. The first kappa shape index (κ1) is 15.9. The molecule has 2 fully saturated rings. The first-order chi connectivity index (χ1) is 11.8. The van der Waals surface area contributed by atoms with Crippen LogP contribution in [0.5, 0.6) is 0 Å². The van der Waals surface area contributed by atoms with Crippen molar-refractivity contribution in [1.82, 2.24) is 9.88 Å². The molecule has 1 aromatic heterocycles. The van der Waals surface area contributed by atoms with Crippen LogP contribution in [0.25, 0.3) is 11.3 Å². The summed E-state index contributed by atoms with van der Waals surface area (Å²) in [6, 6.07) is 8.95. The third kappa shape index (κ3) is 3.42. The van der Waals surface area contributed by atoms with E-state index >= 15 is 0 Å². The van der Waals surface area contributed by atoms with Crippen LogP contribution in [0.2, 0.25) is 0 Å². The lowest BCUT2D eigenvalue weighted by Gasteiger charge is -2.34. The highest BCUT2D eigenvalue weighted by molar-refractivity contribution is 7.14. The Bertz CT molecular complexity index is 652. The average molecular weight is 343 g/mol. The highest BCUT2D eigenvalue weighted by Gasteiger charge is 2.16. The van der Waals surface area contributed by atoms with E-state index in [1.165, 1.54) is 35.6 Å². The molecule has 0 spiro atoms. The third-order valence-corrected chi connectivity index (χ3v) is 6.05. The number of thiazole rings is 1. The van der Waals surface area contributed by atoms with Crippen molar-refractivity contribution in [1.29, 1.82) is 0 Å². The molecule has 0 amide bonds. The van der Waals surface area contributed by atoms with Gasteiger partial charge in [0, 0.05) is 55.9 Å². The van der Waals surface area contributed by atoms with Crippen LogP contribution in [0, 0.1) is 0 Å². The van der Waals surface area contributed by atoms with Crippen LogP contribution in [0.15, 0.2) is 29.6 Å². The van der Waals surface area contributed by atoms with Crippen LogP contribution in [-0.2, 0) is 0 Å². The Hall–Kier alpha value is -1.59. The molecule has 2 aromatic rings. The molecule has 128 valence electrons. The summed E-state index contributed by atoms with van der Waals surface area (Å²) in [7, 11) is 2.20. The van der Waals surface area contributed by atoms with Crippen LogP contribution in [0.3, 0.4) is 0 Å². The molecular formula is C19H26N4S. The number of hydrogen-bond donors (Lipinski definition) is 0. The zero-order valence-corrected chi connectivity index (χ0v) is 15.3. The Morgan fingerprint density at radius 2 is 1.54 bits per heavy atom. The molecule has 0 atom stereocenters. The maximum absolute atomic E-state index is 4.88. The Labute approximate surface area is 148 Å². The van der Waals surface area contributed by atoms with Crippen molar-refractivity contribution in [3.8, 4) is 11.3 Å². The number of benzene rings is 1. The number of hydrogen-bond acceptors (Lipinski definition) is 5. The standard InChI is InChI=1S/C19H26N4S/c1-21-11-13-22(14-12-21)17-7-5-16(6-8-17)18-15-24-19(20-18)23-9-3-2-4-10-23/h5-8,15H,2-4,9-14H2,1H3. The van der Waals surface area contributed by atoms with E-state index in [0.717, 1.165) is 45.0 Å². The molecule has 3 heterocycles. The molecule has 24 heavy (non-hydrogen) atoms. The normalized spacial score (nSPS) is 19.7. The Morgan fingerprint density at radius 3 is 2.25 bits per heavy atom. The van der Waals surface area contributed by atoms with E-state index in [-0.39, 0.29) is 0 Å². The van der Waals surface area contributed by atoms with Crippen molar-refractivity contribution in [2.45, 2.75) is 19.3 Å². The molecule has 0 radical (unpaired) electrons. The van der Waals surface area contributed by atoms with Crippen molar-refractivity contribution < 1.29 is 0 Å². The fourth-order valence-electron chi connectivity index (χ4n) is 3.53. The Balaban J connectivity index is 1.46. The van der Waals surface area contributed by atoms with Gasteiger partial charge in [0.25, 0.3) is 0 Å². The second kappa shape index (κ2) is 7.11. The maximum atomic E-state index is 4.88. The second-order valence-corrected chi connectivity index (χ2v) is 7.74. The van der Waals surface area contributed by atoms with Gasteiger partial charge >= 0.3 is 0 Å². The van der Waals surface area contributed by atoms with Gasteiger partial charge in [0.2, 0.25) is 0 Å². The minimum atomic E-state index is 1.12. The van der Waals surface area contributed by atoms with Gasteiger partial charge in [-0.15, -0.1) is 11.3 Å². The fourth-order valence-corrected chi connectivity index (χ4v) is 4.42. The molecule has 0 saturated carbocycles. The lowest BCUT2D eigenvalue weighted by molar-refractivity contribution is 0.313. The van der Waals surface area contributed by atoms with E-state index in [4.69, 9.17) is 4.98 Å². The van der Waals surface area contributed by atoms with Crippen molar-refractivity contribution in [2.75, 3.05) is 56.1 Å². The molecule has 4 nitrogen and oxygen atoms in total. The van der Waals surface area contributed by atoms with Crippen LogP contribution < -0.4 is 9.80 Å². The van der Waals surface area contributed by atoms with Gasteiger partial charge in [-0.05, 0) is 38.4 Å². The van der Waals surface area contributed by atoms with E-state index in [0.29, 0.717) is 0 Å². The number of likely N-dealkylation sites (N-methyl/N-ethyl adjacent to an activating group) is 1. The summed E-state index contributed by atoms with van der Waals surface area (Å²) in [5.41, 5.74) is 3.68. The van der Waals surface area contributed by atoms with Crippen molar-refractivity contribution in [2.24, 2.45) is 0 Å². The monoisotopic (exact) mass is 342 g/mol. The van der Waals surface area contributed by atoms with Crippen LogP contribution in [-0.4, -0.2) is 56.2 Å². The molecule has 2 aliphatic rings. The lowest BCUT2D eigenvalue weighted by Crippen LogP contribution is -2.44. The molecule has 2 saturated heterocycles. The first-order valence-electron chi connectivity index (χ1n) is 9.04. The molecule has 0 unspecified atom stereocenters. The lowest BCUT2D eigenvalue weighted by atomic mass is 10.1. The molecule has 0 bridgehead atoms. The number of nitrogens with zero attached hydrogens (tertiary/aromatic N) is 4. The van der Waals surface area contributed by atoms with E-state index in [2.05, 4.69) is 51.4 Å². The SMILES string of the molecule is CN1CCN(c2ccc(-c3csc(N4CCCCC4)n3)cc2)CC1. The predicted molar refractivity (Wildman–Crippen MR) is 103 cm³/mol. The van der Waals surface area contributed by atoms with Crippen molar-refractivity contribution in [3.05, 3.63) is 29.6 Å². The number of aromatic nitrogens is 1. The number of rotatable bonds is 3. The molecule has 4 rings (SSSR count). The Morgan fingerprint density at radius 1 is 0.833 bits per heavy atom.